The average molecular weight is 765 g/mol. The maximum Gasteiger partial charge on any atom is 0.0561 e. The molecule has 282 valence electrons. The van der Waals surface area contributed by atoms with Crippen molar-refractivity contribution in [1.82, 2.24) is 4.57 Å². The molecular formula is C58H40N2. The van der Waals surface area contributed by atoms with E-state index in [1.165, 1.54) is 66.0 Å². The minimum atomic E-state index is 1.07. The largest absolute Gasteiger partial charge is 0.310 e. The zero-order valence-corrected chi connectivity index (χ0v) is 33.0. The summed E-state index contributed by atoms with van der Waals surface area (Å²) in [5.41, 5.74) is 16.1. The first kappa shape index (κ1) is 35.2. The van der Waals surface area contributed by atoms with E-state index >= 15 is 0 Å². The van der Waals surface area contributed by atoms with Crippen LogP contribution in [0.2, 0.25) is 0 Å². The first-order chi connectivity index (χ1) is 29.8. The molecule has 11 rings (SSSR count). The number of fused-ring (bicyclic) bond motifs is 4. The van der Waals surface area contributed by atoms with E-state index in [0.717, 1.165) is 33.8 Å². The Kier molecular flexibility index (Phi) is 8.87. The lowest BCUT2D eigenvalue weighted by molar-refractivity contribution is 1.18. The molecule has 0 radical (unpaired) electrons. The highest BCUT2D eigenvalue weighted by Crippen LogP contribution is 2.49. The van der Waals surface area contributed by atoms with Crippen molar-refractivity contribution in [2.24, 2.45) is 0 Å². The molecular weight excluding hydrogens is 725 g/mol. The summed E-state index contributed by atoms with van der Waals surface area (Å²) in [7, 11) is 0. The van der Waals surface area contributed by atoms with Gasteiger partial charge in [-0.1, -0.05) is 188 Å². The Morgan fingerprint density at radius 2 is 0.867 bits per heavy atom. The smallest absolute Gasteiger partial charge is 0.0561 e. The Balaban J connectivity index is 1.22. The van der Waals surface area contributed by atoms with E-state index in [1.54, 1.807) is 0 Å². The molecule has 1 heterocycles. The van der Waals surface area contributed by atoms with Gasteiger partial charge in [-0.25, -0.2) is 0 Å². The van der Waals surface area contributed by atoms with E-state index in [2.05, 4.69) is 252 Å². The predicted molar refractivity (Wildman–Crippen MR) is 255 cm³/mol. The number of benzene rings is 10. The minimum Gasteiger partial charge on any atom is -0.310 e. The molecule has 0 spiro atoms. The third-order valence-electron chi connectivity index (χ3n) is 11.8. The topological polar surface area (TPSA) is 8.17 Å². The van der Waals surface area contributed by atoms with Crippen LogP contribution >= 0.6 is 0 Å². The molecule has 0 fully saturated rings. The monoisotopic (exact) mass is 764 g/mol. The number of nitrogens with zero attached hydrogens (tertiary/aromatic N) is 2. The highest BCUT2D eigenvalue weighted by atomic mass is 15.1. The lowest BCUT2D eigenvalue weighted by atomic mass is 9.87. The molecule has 1 aromatic heterocycles. The molecule has 2 heteroatoms. The van der Waals surface area contributed by atoms with Gasteiger partial charge in [0.05, 0.1) is 16.7 Å². The van der Waals surface area contributed by atoms with Gasteiger partial charge in [0.15, 0.2) is 0 Å². The quantitative estimate of drug-likeness (QED) is 0.150. The third-order valence-corrected chi connectivity index (χ3v) is 11.8. The number of para-hydroxylation sites is 2. The molecule has 0 aliphatic carbocycles. The normalized spacial score (nSPS) is 11.3. The Hall–Kier alpha value is -7.94. The van der Waals surface area contributed by atoms with Crippen LogP contribution in [0.4, 0.5) is 17.1 Å². The summed E-state index contributed by atoms with van der Waals surface area (Å²) in [6.07, 6.45) is 0. The van der Waals surface area contributed by atoms with Gasteiger partial charge in [-0.3, -0.25) is 0 Å². The van der Waals surface area contributed by atoms with Crippen molar-refractivity contribution >= 4 is 49.6 Å². The summed E-state index contributed by atoms with van der Waals surface area (Å²) in [5, 5.41) is 4.92. The zero-order valence-electron chi connectivity index (χ0n) is 33.0. The van der Waals surface area contributed by atoms with E-state index in [-0.39, 0.29) is 0 Å². The second kappa shape index (κ2) is 15.1. The van der Waals surface area contributed by atoms with Gasteiger partial charge in [-0.05, 0) is 104 Å². The molecule has 0 aliphatic heterocycles. The molecule has 0 saturated carbocycles. The van der Waals surface area contributed by atoms with E-state index < -0.39 is 0 Å². The van der Waals surface area contributed by atoms with Crippen molar-refractivity contribution in [2.75, 3.05) is 4.90 Å². The summed E-state index contributed by atoms with van der Waals surface area (Å²) in [4.78, 5) is 2.47. The fourth-order valence-electron chi connectivity index (χ4n) is 9.01. The maximum absolute atomic E-state index is 2.47. The number of rotatable bonds is 8. The number of hydrogen-bond donors (Lipinski definition) is 0. The molecule has 10 aromatic carbocycles. The van der Waals surface area contributed by atoms with Crippen molar-refractivity contribution in [3.05, 3.63) is 243 Å². The predicted octanol–water partition coefficient (Wildman–Crippen LogP) is 16.1. The van der Waals surface area contributed by atoms with Crippen LogP contribution in [0.1, 0.15) is 0 Å². The van der Waals surface area contributed by atoms with Gasteiger partial charge in [0.25, 0.3) is 0 Å². The van der Waals surface area contributed by atoms with Gasteiger partial charge < -0.3 is 9.47 Å². The second-order valence-corrected chi connectivity index (χ2v) is 15.3. The van der Waals surface area contributed by atoms with Crippen LogP contribution in [0.3, 0.4) is 0 Å². The third kappa shape index (κ3) is 6.23. The second-order valence-electron chi connectivity index (χ2n) is 15.3. The van der Waals surface area contributed by atoms with Gasteiger partial charge in [0.1, 0.15) is 0 Å². The lowest BCUT2D eigenvalue weighted by Crippen LogP contribution is -2.12. The molecule has 60 heavy (non-hydrogen) atoms. The van der Waals surface area contributed by atoms with Gasteiger partial charge in [-0.15, -0.1) is 0 Å². The lowest BCUT2D eigenvalue weighted by Gasteiger charge is -2.30. The Labute approximate surface area is 350 Å². The summed E-state index contributed by atoms with van der Waals surface area (Å²) in [5.74, 6) is 0. The van der Waals surface area contributed by atoms with Crippen molar-refractivity contribution < 1.29 is 0 Å². The molecule has 2 nitrogen and oxygen atoms in total. The maximum atomic E-state index is 2.47. The SMILES string of the molecule is c1ccc(-c2ccccc2-c2c(-c3ccccc3)cccc2N(c2cccc(-c3ccc4ccccc4c3)c2)c2ccc3c4ccccc4n(-c4ccccc4)c3c2)cc1. The van der Waals surface area contributed by atoms with Crippen LogP contribution in [-0.4, -0.2) is 4.57 Å². The van der Waals surface area contributed by atoms with E-state index in [0.29, 0.717) is 0 Å². The Morgan fingerprint density at radius 1 is 0.300 bits per heavy atom. The van der Waals surface area contributed by atoms with Gasteiger partial charge in [0.2, 0.25) is 0 Å². The zero-order chi connectivity index (χ0) is 39.8. The summed E-state index contributed by atoms with van der Waals surface area (Å²) < 4.78 is 2.41. The molecule has 0 aliphatic rings. The standard InChI is InChI=1S/C58H40N2/c1-4-19-42(20-5-1)50-28-12-13-30-54(50)58-51(43-21-6-2-7-22-43)31-17-33-56(58)59(48-27-16-24-45(39-48)46-35-34-41-18-10-11-23-44(41)38-46)49-36-37-53-52-29-14-15-32-55(52)60(57(53)40-49)47-25-8-3-9-26-47/h1-40H. The number of hydrogen-bond acceptors (Lipinski definition) is 1. The van der Waals surface area contributed by atoms with Crippen LogP contribution in [0.15, 0.2) is 243 Å². The van der Waals surface area contributed by atoms with Crippen molar-refractivity contribution in [2.45, 2.75) is 0 Å². The van der Waals surface area contributed by atoms with Crippen LogP contribution in [-0.2, 0) is 0 Å². The van der Waals surface area contributed by atoms with Crippen molar-refractivity contribution in [3.8, 4) is 50.2 Å². The summed E-state index contributed by atoms with van der Waals surface area (Å²) in [6.45, 7) is 0. The highest BCUT2D eigenvalue weighted by molar-refractivity contribution is 6.11. The number of anilines is 3. The highest BCUT2D eigenvalue weighted by Gasteiger charge is 2.24. The number of aromatic nitrogens is 1. The summed E-state index contributed by atoms with van der Waals surface area (Å²) in [6, 6.07) is 88.1. The van der Waals surface area contributed by atoms with Gasteiger partial charge >= 0.3 is 0 Å². The van der Waals surface area contributed by atoms with E-state index in [9.17, 15) is 0 Å². The molecule has 0 N–H and O–H groups in total. The van der Waals surface area contributed by atoms with Crippen LogP contribution < -0.4 is 4.90 Å². The molecule has 0 saturated heterocycles. The molecule has 0 amide bonds. The van der Waals surface area contributed by atoms with Gasteiger partial charge in [-0.2, -0.15) is 0 Å². The first-order valence-electron chi connectivity index (χ1n) is 20.6. The first-order valence-corrected chi connectivity index (χ1v) is 20.6. The average Bonchev–Trinajstić information content (AvgIpc) is 3.66. The fourth-order valence-corrected chi connectivity index (χ4v) is 9.01. The minimum absolute atomic E-state index is 1.07. The summed E-state index contributed by atoms with van der Waals surface area (Å²) >= 11 is 0. The van der Waals surface area contributed by atoms with Gasteiger partial charge in [0, 0.05) is 33.4 Å². The molecule has 0 bridgehead atoms. The Bertz CT molecular complexity index is 3310. The van der Waals surface area contributed by atoms with Crippen LogP contribution in [0.5, 0.6) is 0 Å². The molecule has 0 unspecified atom stereocenters. The van der Waals surface area contributed by atoms with E-state index in [4.69, 9.17) is 0 Å². The molecule has 0 atom stereocenters. The Morgan fingerprint density at radius 3 is 1.67 bits per heavy atom. The van der Waals surface area contributed by atoms with E-state index in [1.807, 2.05) is 0 Å². The van der Waals surface area contributed by atoms with Crippen molar-refractivity contribution in [3.63, 3.8) is 0 Å². The fraction of sp³-hybridized carbons (Fsp3) is 0. The van der Waals surface area contributed by atoms with Crippen LogP contribution in [0, 0.1) is 0 Å². The molecule has 11 aromatic rings. The van der Waals surface area contributed by atoms with Crippen molar-refractivity contribution in [1.29, 1.82) is 0 Å². The van der Waals surface area contributed by atoms with Crippen LogP contribution in [0.25, 0.3) is 82.8 Å².